The van der Waals surface area contributed by atoms with E-state index >= 15 is 4.39 Å². The Morgan fingerprint density at radius 1 is 1.18 bits per heavy atom. The second-order valence-electron chi connectivity index (χ2n) is 10.2. The minimum Gasteiger partial charge on any atom is -0.384 e. The van der Waals surface area contributed by atoms with Crippen molar-refractivity contribution in [1.29, 1.82) is 0 Å². The molecule has 10 nitrogen and oxygen atoms in total. The van der Waals surface area contributed by atoms with Crippen LogP contribution in [-0.4, -0.2) is 41.8 Å². The molecule has 5 aromatic rings. The first-order valence-corrected chi connectivity index (χ1v) is 13.5. The number of nitrogens with one attached hydrogen (secondary N) is 1. The lowest BCUT2D eigenvalue weighted by atomic mass is 9.83. The van der Waals surface area contributed by atoms with Crippen LogP contribution in [0.2, 0.25) is 5.02 Å². The molecule has 0 radical (unpaired) electrons. The normalized spacial score (nSPS) is 18.3. The molecule has 0 aliphatic heterocycles. The summed E-state index contributed by atoms with van der Waals surface area (Å²) >= 11 is 6.32. The van der Waals surface area contributed by atoms with Gasteiger partial charge in [0.2, 0.25) is 5.82 Å². The Bertz CT molecular complexity index is 1720. The van der Waals surface area contributed by atoms with Gasteiger partial charge in [0.1, 0.15) is 29.0 Å². The maximum atomic E-state index is 15.1. The van der Waals surface area contributed by atoms with E-state index in [4.69, 9.17) is 30.7 Å². The van der Waals surface area contributed by atoms with Crippen LogP contribution in [0, 0.1) is 17.7 Å². The van der Waals surface area contributed by atoms with Crippen LogP contribution < -0.4 is 5.76 Å². The molecule has 0 amide bonds. The van der Waals surface area contributed by atoms with E-state index in [1.807, 2.05) is 4.57 Å². The highest BCUT2D eigenvalue weighted by atomic mass is 35.5. The lowest BCUT2D eigenvalue weighted by Gasteiger charge is -2.28. The number of methoxy groups -OCH3 is 1. The van der Waals surface area contributed by atoms with E-state index in [0.717, 1.165) is 25.7 Å². The zero-order valence-electron chi connectivity index (χ0n) is 22.0. The summed E-state index contributed by atoms with van der Waals surface area (Å²) in [6, 6.07) is 8.23. The van der Waals surface area contributed by atoms with Crippen molar-refractivity contribution in [2.24, 2.45) is 11.8 Å². The zero-order chi connectivity index (χ0) is 27.8. The minimum absolute atomic E-state index is 0.0587. The molecular weight excluding hydrogens is 537 g/mol. The van der Waals surface area contributed by atoms with Crippen LogP contribution in [0.15, 0.2) is 51.9 Å². The number of nitrogens with zero attached hydrogens (tertiary/aromatic N) is 6. The maximum Gasteiger partial charge on any atom is 0.434 e. The van der Waals surface area contributed by atoms with Gasteiger partial charge in [0.25, 0.3) is 5.89 Å². The standard InChI is InChI=1S/C28H27ClFN7O3/c1-15-7-9-16(10-8-15)14-37-22-21(17-11-18(29)13-31-12-17)32-25(27-35-36-28(38)40-27)33-24(22)34-26(37)23(39-2)19-5-3-4-6-20(19)30/h3-6,11-13,15-16,23H,7-10,14H2,1-2H3,(H,36,38)/t15-,16-,23?. The number of halogens is 2. The summed E-state index contributed by atoms with van der Waals surface area (Å²) in [5.74, 6) is 0.390. The van der Waals surface area contributed by atoms with Crippen LogP contribution >= 0.6 is 11.6 Å². The number of pyridine rings is 1. The Labute approximate surface area is 233 Å². The van der Waals surface area contributed by atoms with Crippen molar-refractivity contribution in [2.75, 3.05) is 7.11 Å². The lowest BCUT2D eigenvalue weighted by molar-refractivity contribution is 0.121. The summed E-state index contributed by atoms with van der Waals surface area (Å²) in [6.07, 6.45) is 6.75. The van der Waals surface area contributed by atoms with Gasteiger partial charge in [0.15, 0.2) is 5.65 Å². The molecule has 0 spiro atoms. The number of benzene rings is 1. The van der Waals surface area contributed by atoms with Gasteiger partial charge in [-0.25, -0.2) is 29.2 Å². The number of hydrogen-bond donors (Lipinski definition) is 1. The molecule has 4 heterocycles. The summed E-state index contributed by atoms with van der Waals surface area (Å²) < 4.78 is 28.1. The highest BCUT2D eigenvalue weighted by Crippen LogP contribution is 2.37. The lowest BCUT2D eigenvalue weighted by Crippen LogP contribution is -2.21. The van der Waals surface area contributed by atoms with Gasteiger partial charge in [-0.15, -0.1) is 5.10 Å². The van der Waals surface area contributed by atoms with E-state index in [9.17, 15) is 4.79 Å². The van der Waals surface area contributed by atoms with Crippen LogP contribution in [0.3, 0.4) is 0 Å². The topological polar surface area (TPSA) is 125 Å². The molecule has 0 saturated heterocycles. The smallest absolute Gasteiger partial charge is 0.384 e. The Balaban J connectivity index is 1.62. The summed E-state index contributed by atoms with van der Waals surface area (Å²) in [5, 5.41) is 6.57. The molecule has 12 heteroatoms. The maximum absolute atomic E-state index is 15.1. The predicted octanol–water partition coefficient (Wildman–Crippen LogP) is 5.59. The molecule has 1 aromatic carbocycles. The molecule has 1 aliphatic carbocycles. The fourth-order valence-electron chi connectivity index (χ4n) is 5.43. The molecule has 40 heavy (non-hydrogen) atoms. The molecule has 1 saturated carbocycles. The van der Waals surface area contributed by atoms with Crippen molar-refractivity contribution in [3.63, 3.8) is 0 Å². The summed E-state index contributed by atoms with van der Waals surface area (Å²) in [4.78, 5) is 30.2. The largest absolute Gasteiger partial charge is 0.434 e. The number of H-pyrrole nitrogens is 1. The number of aromatic amines is 1. The number of rotatable bonds is 7. The number of fused-ring (bicyclic) bond motifs is 1. The van der Waals surface area contributed by atoms with Crippen molar-refractivity contribution in [3.05, 3.63) is 75.5 Å². The fraction of sp³-hybridized carbons (Fsp3) is 0.357. The SMILES string of the molecule is COC(c1ccccc1F)c1nc2nc(-c3n[nH]c(=O)o3)nc(-c3cncc(Cl)c3)c2n1C[C@H]1CC[C@H](C)CC1. The Morgan fingerprint density at radius 3 is 2.67 bits per heavy atom. The number of ether oxygens (including phenoxy) is 1. The monoisotopic (exact) mass is 563 g/mol. The molecule has 6 rings (SSSR count). The van der Waals surface area contributed by atoms with Crippen LogP contribution in [0.25, 0.3) is 34.1 Å². The Kier molecular flexibility index (Phi) is 7.16. The van der Waals surface area contributed by atoms with Gasteiger partial charge in [-0.1, -0.05) is 49.6 Å². The first kappa shape index (κ1) is 26.3. The molecule has 4 aromatic heterocycles. The highest BCUT2D eigenvalue weighted by molar-refractivity contribution is 6.30. The average Bonchev–Trinajstić information content (AvgIpc) is 3.54. The van der Waals surface area contributed by atoms with Gasteiger partial charge in [0.05, 0.1) is 5.02 Å². The van der Waals surface area contributed by atoms with Gasteiger partial charge in [0, 0.05) is 37.2 Å². The van der Waals surface area contributed by atoms with Crippen LogP contribution in [0.5, 0.6) is 0 Å². The number of aromatic nitrogens is 7. The second-order valence-corrected chi connectivity index (χ2v) is 10.7. The van der Waals surface area contributed by atoms with Crippen molar-refractivity contribution < 1.29 is 13.5 Å². The van der Waals surface area contributed by atoms with E-state index in [1.165, 1.54) is 19.4 Å². The molecule has 1 unspecified atom stereocenters. The summed E-state index contributed by atoms with van der Waals surface area (Å²) in [6.45, 7) is 2.90. The molecule has 0 bridgehead atoms. The van der Waals surface area contributed by atoms with E-state index in [1.54, 1.807) is 30.5 Å². The van der Waals surface area contributed by atoms with Gasteiger partial charge < -0.3 is 13.7 Å². The molecule has 206 valence electrons. The van der Waals surface area contributed by atoms with Gasteiger partial charge in [-0.05, 0) is 36.8 Å². The summed E-state index contributed by atoms with van der Waals surface area (Å²) in [7, 11) is 1.53. The van der Waals surface area contributed by atoms with Crippen LogP contribution in [-0.2, 0) is 11.3 Å². The van der Waals surface area contributed by atoms with Crippen molar-refractivity contribution in [1.82, 2.24) is 34.7 Å². The first-order valence-electron chi connectivity index (χ1n) is 13.1. The molecule has 1 aliphatic rings. The van der Waals surface area contributed by atoms with Crippen molar-refractivity contribution in [2.45, 2.75) is 45.3 Å². The van der Waals surface area contributed by atoms with Gasteiger partial charge in [-0.3, -0.25) is 4.98 Å². The van der Waals surface area contributed by atoms with Crippen LogP contribution in [0.1, 0.15) is 50.1 Å². The minimum atomic E-state index is -0.810. The Morgan fingerprint density at radius 2 is 1.98 bits per heavy atom. The van der Waals surface area contributed by atoms with E-state index < -0.39 is 17.7 Å². The number of imidazole rings is 1. The fourth-order valence-corrected chi connectivity index (χ4v) is 5.60. The molecule has 1 fully saturated rings. The average molecular weight is 564 g/mol. The van der Waals surface area contributed by atoms with Crippen LogP contribution in [0.4, 0.5) is 4.39 Å². The first-order chi connectivity index (χ1) is 19.4. The van der Waals surface area contributed by atoms with Gasteiger partial charge >= 0.3 is 5.76 Å². The van der Waals surface area contributed by atoms with E-state index in [2.05, 4.69) is 27.1 Å². The van der Waals surface area contributed by atoms with E-state index in [-0.39, 0.29) is 11.7 Å². The third-order valence-electron chi connectivity index (χ3n) is 7.47. The Hall–Kier alpha value is -3.96. The second kappa shape index (κ2) is 10.9. The predicted molar refractivity (Wildman–Crippen MR) is 146 cm³/mol. The quantitative estimate of drug-likeness (QED) is 0.272. The van der Waals surface area contributed by atoms with E-state index in [0.29, 0.717) is 57.2 Å². The van der Waals surface area contributed by atoms with Crippen molar-refractivity contribution >= 4 is 22.8 Å². The molecule has 1 atom stereocenters. The van der Waals surface area contributed by atoms with Gasteiger partial charge in [-0.2, -0.15) is 0 Å². The van der Waals surface area contributed by atoms with Crippen molar-refractivity contribution in [3.8, 4) is 23.0 Å². The third kappa shape index (κ3) is 5.02. The number of hydrogen-bond acceptors (Lipinski definition) is 8. The highest BCUT2D eigenvalue weighted by Gasteiger charge is 2.30. The molecule has 1 N–H and O–H groups in total. The summed E-state index contributed by atoms with van der Waals surface area (Å²) in [5.41, 5.74) is 2.40. The zero-order valence-corrected chi connectivity index (χ0v) is 22.7. The molecular formula is C28H27ClFN7O3. The third-order valence-corrected chi connectivity index (χ3v) is 7.68.